The zero-order valence-corrected chi connectivity index (χ0v) is 16.6. The minimum atomic E-state index is -0.303. The van der Waals surface area contributed by atoms with Gasteiger partial charge in [0.1, 0.15) is 6.61 Å². The van der Waals surface area contributed by atoms with Crippen LogP contribution < -0.4 is 14.9 Å². The van der Waals surface area contributed by atoms with Crippen molar-refractivity contribution < 1.29 is 14.3 Å². The molecule has 3 aromatic carbocycles. The monoisotopic (exact) mass is 406 g/mol. The van der Waals surface area contributed by atoms with Crippen molar-refractivity contribution in [3.05, 3.63) is 70.7 Å². The van der Waals surface area contributed by atoms with Crippen LogP contribution in [0.25, 0.3) is 10.8 Å². The van der Waals surface area contributed by atoms with Crippen molar-refractivity contribution in [1.29, 1.82) is 0 Å². The molecule has 5 nitrogen and oxygen atoms in total. The Kier molecular flexibility index (Phi) is 6.72. The number of nitrogens with zero attached hydrogens (tertiary/aromatic N) is 1. The van der Waals surface area contributed by atoms with E-state index < -0.39 is 0 Å². The number of halogens is 1. The molecule has 0 heterocycles. The highest BCUT2D eigenvalue weighted by atomic mass is 35.5. The fourth-order valence-corrected chi connectivity index (χ4v) is 3.10. The van der Waals surface area contributed by atoms with E-state index in [1.165, 1.54) is 6.21 Å². The van der Waals surface area contributed by atoms with E-state index in [0.29, 0.717) is 34.3 Å². The van der Waals surface area contributed by atoms with Crippen molar-refractivity contribution in [3.63, 3.8) is 0 Å². The summed E-state index contributed by atoms with van der Waals surface area (Å²) in [6.07, 6.45) is 6.73. The van der Waals surface area contributed by atoms with Gasteiger partial charge in [0, 0.05) is 5.56 Å². The number of amides is 1. The predicted molar refractivity (Wildman–Crippen MR) is 116 cm³/mol. The van der Waals surface area contributed by atoms with Crippen LogP contribution in [-0.2, 0) is 0 Å². The third-order valence-electron chi connectivity index (χ3n) is 4.05. The third kappa shape index (κ3) is 4.87. The van der Waals surface area contributed by atoms with Crippen molar-refractivity contribution in [1.82, 2.24) is 5.43 Å². The SMILES string of the molecule is C#CCOc1c(Cl)cc(/C=N\NC(=O)c2cccc3ccccc23)cc1OCC. The number of ether oxygens (including phenoxy) is 2. The predicted octanol–water partition coefficient (Wildman–Crippen LogP) is 4.67. The normalized spacial score (nSPS) is 10.7. The van der Waals surface area contributed by atoms with Gasteiger partial charge in [-0.2, -0.15) is 5.10 Å². The molecule has 6 heteroatoms. The summed E-state index contributed by atoms with van der Waals surface area (Å²) in [4.78, 5) is 12.5. The second-order valence-corrected chi connectivity index (χ2v) is 6.39. The molecule has 0 saturated heterocycles. The molecule has 146 valence electrons. The molecule has 1 amide bonds. The van der Waals surface area contributed by atoms with Crippen molar-refractivity contribution in [2.24, 2.45) is 5.10 Å². The lowest BCUT2D eigenvalue weighted by Gasteiger charge is -2.12. The second-order valence-electron chi connectivity index (χ2n) is 5.98. The van der Waals surface area contributed by atoms with Crippen molar-refractivity contribution >= 4 is 34.5 Å². The zero-order valence-electron chi connectivity index (χ0n) is 15.8. The van der Waals surface area contributed by atoms with Crippen molar-refractivity contribution in [2.45, 2.75) is 6.92 Å². The molecule has 0 aliphatic rings. The zero-order chi connectivity index (χ0) is 20.6. The van der Waals surface area contributed by atoms with Crippen LogP contribution in [0.5, 0.6) is 11.5 Å². The van der Waals surface area contributed by atoms with E-state index in [-0.39, 0.29) is 12.5 Å². The standard InChI is InChI=1S/C23H19ClN2O3/c1-3-12-29-22-20(24)13-16(14-21(22)28-4-2)15-25-26-23(27)19-11-7-9-17-8-5-6-10-18(17)19/h1,5-11,13-15H,4,12H2,2H3,(H,26,27)/b25-15-. The van der Waals surface area contributed by atoms with Crippen LogP contribution in [0.15, 0.2) is 59.7 Å². The first-order valence-electron chi connectivity index (χ1n) is 8.97. The Balaban J connectivity index is 1.79. The molecule has 0 spiro atoms. The molecule has 0 fully saturated rings. The lowest BCUT2D eigenvalue weighted by Crippen LogP contribution is -2.17. The fourth-order valence-electron chi connectivity index (χ4n) is 2.83. The summed E-state index contributed by atoms with van der Waals surface area (Å²) in [5.74, 6) is 2.92. The van der Waals surface area contributed by atoms with Crippen LogP contribution in [0.4, 0.5) is 0 Å². The molecule has 0 unspecified atom stereocenters. The number of hydrazone groups is 1. The lowest BCUT2D eigenvalue weighted by atomic mass is 10.0. The van der Waals surface area contributed by atoms with Crippen LogP contribution >= 0.6 is 11.6 Å². The molecule has 3 rings (SSSR count). The highest BCUT2D eigenvalue weighted by Gasteiger charge is 2.12. The molecule has 0 atom stereocenters. The number of fused-ring (bicyclic) bond motifs is 1. The van der Waals surface area contributed by atoms with E-state index >= 15 is 0 Å². The Hall–Kier alpha value is -3.49. The second kappa shape index (κ2) is 9.63. The van der Waals surface area contributed by atoms with E-state index in [9.17, 15) is 4.79 Å². The summed E-state index contributed by atoms with van der Waals surface area (Å²) in [5, 5.41) is 6.23. The number of nitrogens with one attached hydrogen (secondary N) is 1. The molecular formula is C23H19ClN2O3. The van der Waals surface area contributed by atoms with Crippen LogP contribution in [0, 0.1) is 12.3 Å². The van der Waals surface area contributed by atoms with Crippen LogP contribution in [0.3, 0.4) is 0 Å². The minimum Gasteiger partial charge on any atom is -0.490 e. The van der Waals surface area contributed by atoms with Crippen molar-refractivity contribution in [3.8, 4) is 23.8 Å². The smallest absolute Gasteiger partial charge is 0.271 e. The summed E-state index contributed by atoms with van der Waals surface area (Å²) < 4.78 is 11.0. The first-order valence-corrected chi connectivity index (χ1v) is 9.35. The Morgan fingerprint density at radius 2 is 2.00 bits per heavy atom. The Morgan fingerprint density at radius 1 is 1.21 bits per heavy atom. The summed E-state index contributed by atoms with van der Waals surface area (Å²) in [7, 11) is 0. The maximum Gasteiger partial charge on any atom is 0.271 e. The van der Waals surface area contributed by atoms with Crippen LogP contribution in [0.1, 0.15) is 22.8 Å². The number of benzene rings is 3. The summed E-state index contributed by atoms with van der Waals surface area (Å²) >= 11 is 6.29. The number of hydrogen-bond donors (Lipinski definition) is 1. The van der Waals surface area contributed by atoms with Gasteiger partial charge in [0.25, 0.3) is 5.91 Å². The van der Waals surface area contributed by atoms with Crippen LogP contribution in [-0.4, -0.2) is 25.3 Å². The summed E-state index contributed by atoms with van der Waals surface area (Å²) in [6.45, 7) is 2.36. The van der Waals surface area contributed by atoms with E-state index in [4.69, 9.17) is 27.5 Å². The van der Waals surface area contributed by atoms with Gasteiger partial charge >= 0.3 is 0 Å². The number of hydrogen-bond acceptors (Lipinski definition) is 4. The van der Waals surface area contributed by atoms with Gasteiger partial charge < -0.3 is 9.47 Å². The number of terminal acetylenes is 1. The first-order chi connectivity index (χ1) is 14.1. The first kappa shape index (κ1) is 20.2. The van der Waals surface area contributed by atoms with Gasteiger partial charge in [0.15, 0.2) is 11.5 Å². The Bertz CT molecular complexity index is 1100. The molecule has 1 N–H and O–H groups in total. The number of rotatable bonds is 7. The molecule has 3 aromatic rings. The highest BCUT2D eigenvalue weighted by Crippen LogP contribution is 2.36. The Labute approximate surface area is 174 Å². The fraction of sp³-hybridized carbons (Fsp3) is 0.130. The Morgan fingerprint density at radius 3 is 2.79 bits per heavy atom. The summed E-state index contributed by atoms with van der Waals surface area (Å²) in [5.41, 5.74) is 3.74. The van der Waals surface area contributed by atoms with Gasteiger partial charge in [-0.3, -0.25) is 4.79 Å². The molecule has 0 radical (unpaired) electrons. The van der Waals surface area contributed by atoms with Gasteiger partial charge in [-0.1, -0.05) is 53.9 Å². The number of carbonyl (C=O) groups excluding carboxylic acids is 1. The average Bonchev–Trinajstić information content (AvgIpc) is 2.73. The molecule has 0 aromatic heterocycles. The highest BCUT2D eigenvalue weighted by molar-refractivity contribution is 6.32. The van der Waals surface area contributed by atoms with E-state index in [1.54, 1.807) is 18.2 Å². The summed E-state index contributed by atoms with van der Waals surface area (Å²) in [6, 6.07) is 16.6. The van der Waals surface area contributed by atoms with Gasteiger partial charge in [-0.05, 0) is 41.5 Å². The quantitative estimate of drug-likeness (QED) is 0.352. The van der Waals surface area contributed by atoms with E-state index in [1.807, 2.05) is 43.3 Å². The van der Waals surface area contributed by atoms with Gasteiger partial charge in [-0.15, -0.1) is 6.42 Å². The molecule has 29 heavy (non-hydrogen) atoms. The lowest BCUT2D eigenvalue weighted by molar-refractivity contribution is 0.0957. The third-order valence-corrected chi connectivity index (χ3v) is 4.33. The van der Waals surface area contributed by atoms with E-state index in [0.717, 1.165) is 10.8 Å². The minimum absolute atomic E-state index is 0.0777. The largest absolute Gasteiger partial charge is 0.490 e. The van der Waals surface area contributed by atoms with Gasteiger partial charge in [-0.25, -0.2) is 5.43 Å². The van der Waals surface area contributed by atoms with Gasteiger partial charge in [0.05, 0.1) is 17.8 Å². The van der Waals surface area contributed by atoms with Crippen molar-refractivity contribution in [2.75, 3.05) is 13.2 Å². The van der Waals surface area contributed by atoms with Crippen LogP contribution in [0.2, 0.25) is 5.02 Å². The number of carbonyl (C=O) groups is 1. The molecule has 0 saturated carbocycles. The maximum atomic E-state index is 12.5. The molecule has 0 aliphatic heterocycles. The van der Waals surface area contributed by atoms with Gasteiger partial charge in [0.2, 0.25) is 0 Å². The molecule has 0 bridgehead atoms. The van der Waals surface area contributed by atoms with E-state index in [2.05, 4.69) is 16.4 Å². The average molecular weight is 407 g/mol. The topological polar surface area (TPSA) is 59.9 Å². The maximum absolute atomic E-state index is 12.5. The molecule has 0 aliphatic carbocycles. The molecular weight excluding hydrogens is 388 g/mol.